The Morgan fingerprint density at radius 1 is 1.17 bits per heavy atom. The first-order valence-electron chi connectivity index (χ1n) is 8.45. The first-order valence-corrected chi connectivity index (χ1v) is 8.45. The molecule has 130 valence electrons. The van der Waals surface area contributed by atoms with Gasteiger partial charge >= 0.3 is 6.09 Å². The molecule has 1 N–H and O–H groups in total. The van der Waals surface area contributed by atoms with Gasteiger partial charge in [-0.3, -0.25) is 4.90 Å². The van der Waals surface area contributed by atoms with E-state index in [-0.39, 0.29) is 12.1 Å². The van der Waals surface area contributed by atoms with Gasteiger partial charge in [0.05, 0.1) is 0 Å². The van der Waals surface area contributed by atoms with Crippen LogP contribution in [0.15, 0.2) is 30.3 Å². The Morgan fingerprint density at radius 3 is 2.30 bits per heavy atom. The zero-order valence-electron chi connectivity index (χ0n) is 15.4. The summed E-state index contributed by atoms with van der Waals surface area (Å²) in [5, 5.41) is 2.91. The third kappa shape index (κ3) is 8.60. The molecule has 0 fully saturated rings. The summed E-state index contributed by atoms with van der Waals surface area (Å²) in [5.41, 5.74) is 0.857. The average molecular weight is 320 g/mol. The maximum absolute atomic E-state index is 11.8. The smallest absolute Gasteiger partial charge is 0.407 e. The van der Waals surface area contributed by atoms with Crippen molar-refractivity contribution in [3.63, 3.8) is 0 Å². The predicted octanol–water partition coefficient (Wildman–Crippen LogP) is 4.20. The van der Waals surface area contributed by atoms with Crippen LogP contribution >= 0.6 is 0 Å². The number of benzene rings is 1. The number of ether oxygens (including phenoxy) is 1. The number of nitrogens with one attached hydrogen (secondary N) is 1. The van der Waals surface area contributed by atoms with Crippen molar-refractivity contribution in [1.82, 2.24) is 10.2 Å². The van der Waals surface area contributed by atoms with Crippen LogP contribution in [0.5, 0.6) is 0 Å². The molecule has 0 aliphatic carbocycles. The first kappa shape index (κ1) is 19.5. The van der Waals surface area contributed by atoms with Gasteiger partial charge in [-0.2, -0.15) is 0 Å². The van der Waals surface area contributed by atoms with Gasteiger partial charge in [0.25, 0.3) is 0 Å². The topological polar surface area (TPSA) is 41.6 Å². The minimum atomic E-state index is -0.457. The molecule has 0 unspecified atom stereocenters. The van der Waals surface area contributed by atoms with E-state index in [4.69, 9.17) is 4.74 Å². The van der Waals surface area contributed by atoms with Crippen LogP contribution in [0.3, 0.4) is 0 Å². The summed E-state index contributed by atoms with van der Waals surface area (Å²) in [7, 11) is 0. The summed E-state index contributed by atoms with van der Waals surface area (Å²) < 4.78 is 5.29. The Balaban J connectivity index is 2.44. The number of rotatable bonds is 7. The first-order chi connectivity index (χ1) is 10.7. The summed E-state index contributed by atoms with van der Waals surface area (Å²) in [4.78, 5) is 14.2. The molecule has 0 aromatic heterocycles. The van der Waals surface area contributed by atoms with Crippen LogP contribution < -0.4 is 5.32 Å². The maximum atomic E-state index is 11.8. The Kier molecular flexibility index (Phi) is 7.56. The van der Waals surface area contributed by atoms with Gasteiger partial charge in [-0.15, -0.1) is 0 Å². The number of amides is 1. The minimum absolute atomic E-state index is 0.0851. The van der Waals surface area contributed by atoms with Gasteiger partial charge in [0.1, 0.15) is 5.60 Å². The fraction of sp³-hybridized carbons (Fsp3) is 0.632. The van der Waals surface area contributed by atoms with Gasteiger partial charge in [0.15, 0.2) is 0 Å². The lowest BCUT2D eigenvalue weighted by molar-refractivity contribution is 0.0502. The molecule has 0 heterocycles. The van der Waals surface area contributed by atoms with Crippen LogP contribution in [0.2, 0.25) is 0 Å². The summed E-state index contributed by atoms with van der Waals surface area (Å²) in [5.74, 6) is 0. The number of alkyl carbamates (subject to hydrolysis) is 1. The molecule has 0 saturated carbocycles. The van der Waals surface area contributed by atoms with Crippen LogP contribution in [0.25, 0.3) is 0 Å². The fourth-order valence-corrected chi connectivity index (χ4v) is 2.28. The van der Waals surface area contributed by atoms with Crippen molar-refractivity contribution in [2.75, 3.05) is 6.54 Å². The highest BCUT2D eigenvalue weighted by molar-refractivity contribution is 5.67. The third-order valence-electron chi connectivity index (χ3n) is 3.57. The Morgan fingerprint density at radius 2 is 1.78 bits per heavy atom. The normalized spacial score (nSPS) is 13.2. The van der Waals surface area contributed by atoms with Crippen LogP contribution in [-0.2, 0) is 11.3 Å². The fourth-order valence-electron chi connectivity index (χ4n) is 2.28. The largest absolute Gasteiger partial charge is 0.444 e. The highest BCUT2D eigenvalue weighted by Gasteiger charge is 2.18. The molecule has 1 rings (SSSR count). The Hall–Kier alpha value is -1.55. The lowest BCUT2D eigenvalue weighted by Crippen LogP contribution is -2.40. The standard InChI is InChI=1S/C19H32N2O2/c1-15(2)21(14-17-10-8-7-9-11-17)13-12-16(3)20-18(22)23-19(4,5)6/h7-11,15-16H,12-14H2,1-6H3,(H,20,22)/t16-/m0/s1. The van der Waals surface area contributed by atoms with E-state index < -0.39 is 5.60 Å². The van der Waals surface area contributed by atoms with Crippen LogP contribution in [-0.4, -0.2) is 35.2 Å². The van der Waals surface area contributed by atoms with Gasteiger partial charge in [0.2, 0.25) is 0 Å². The zero-order valence-corrected chi connectivity index (χ0v) is 15.4. The zero-order chi connectivity index (χ0) is 17.5. The van der Waals surface area contributed by atoms with Crippen molar-refractivity contribution in [2.45, 2.75) is 72.2 Å². The molecular weight excluding hydrogens is 288 g/mol. The Bertz CT molecular complexity index is 466. The Labute approximate surface area is 141 Å². The molecule has 0 radical (unpaired) electrons. The molecule has 1 aromatic rings. The average Bonchev–Trinajstić information content (AvgIpc) is 2.42. The lowest BCUT2D eigenvalue weighted by Gasteiger charge is -2.28. The van der Waals surface area contributed by atoms with E-state index >= 15 is 0 Å². The summed E-state index contributed by atoms with van der Waals surface area (Å²) in [6.45, 7) is 13.9. The highest BCUT2D eigenvalue weighted by atomic mass is 16.6. The van der Waals surface area contributed by atoms with Gasteiger partial charge in [-0.05, 0) is 53.5 Å². The van der Waals surface area contributed by atoms with E-state index in [9.17, 15) is 4.79 Å². The minimum Gasteiger partial charge on any atom is -0.444 e. The quantitative estimate of drug-likeness (QED) is 0.818. The number of carbonyl (C=O) groups excluding carboxylic acids is 1. The van der Waals surface area contributed by atoms with Crippen LogP contribution in [0.1, 0.15) is 53.5 Å². The van der Waals surface area contributed by atoms with E-state index in [1.807, 2.05) is 33.8 Å². The maximum Gasteiger partial charge on any atom is 0.407 e. The lowest BCUT2D eigenvalue weighted by atomic mass is 10.1. The molecular formula is C19H32N2O2. The van der Waals surface area contributed by atoms with E-state index in [1.165, 1.54) is 5.56 Å². The van der Waals surface area contributed by atoms with E-state index in [0.29, 0.717) is 6.04 Å². The monoisotopic (exact) mass is 320 g/mol. The summed E-state index contributed by atoms with van der Waals surface area (Å²) in [6.07, 6.45) is 0.550. The van der Waals surface area contributed by atoms with Gasteiger partial charge in [0, 0.05) is 25.2 Å². The van der Waals surface area contributed by atoms with E-state index in [0.717, 1.165) is 19.5 Å². The molecule has 0 bridgehead atoms. The second-order valence-electron chi connectivity index (χ2n) is 7.39. The molecule has 0 aliphatic rings. The van der Waals surface area contributed by atoms with E-state index in [1.54, 1.807) is 0 Å². The number of hydrogen-bond donors (Lipinski definition) is 1. The second kappa shape index (κ2) is 8.92. The molecule has 4 heteroatoms. The molecule has 0 aliphatic heterocycles. The van der Waals surface area contributed by atoms with E-state index in [2.05, 4.69) is 48.3 Å². The number of carbonyl (C=O) groups is 1. The molecule has 1 atom stereocenters. The third-order valence-corrected chi connectivity index (χ3v) is 3.57. The summed E-state index contributed by atoms with van der Waals surface area (Å²) in [6, 6.07) is 11.0. The molecule has 4 nitrogen and oxygen atoms in total. The van der Waals surface area contributed by atoms with Gasteiger partial charge in [-0.1, -0.05) is 30.3 Å². The van der Waals surface area contributed by atoms with Crippen molar-refractivity contribution in [3.05, 3.63) is 35.9 Å². The van der Waals surface area contributed by atoms with Crippen molar-refractivity contribution in [3.8, 4) is 0 Å². The molecule has 1 aromatic carbocycles. The molecule has 1 amide bonds. The number of hydrogen-bond acceptors (Lipinski definition) is 3. The SMILES string of the molecule is CC(C)N(CC[C@H](C)NC(=O)OC(C)(C)C)Cc1ccccc1. The van der Waals surface area contributed by atoms with Crippen molar-refractivity contribution >= 4 is 6.09 Å². The molecule has 0 saturated heterocycles. The van der Waals surface area contributed by atoms with Crippen LogP contribution in [0.4, 0.5) is 4.79 Å². The number of nitrogens with zero attached hydrogens (tertiary/aromatic N) is 1. The highest BCUT2D eigenvalue weighted by Crippen LogP contribution is 2.10. The van der Waals surface area contributed by atoms with Crippen molar-refractivity contribution < 1.29 is 9.53 Å². The summed E-state index contributed by atoms with van der Waals surface area (Å²) >= 11 is 0. The molecule has 0 spiro atoms. The van der Waals surface area contributed by atoms with Crippen LogP contribution in [0, 0.1) is 0 Å². The van der Waals surface area contributed by atoms with Gasteiger partial charge in [-0.25, -0.2) is 4.79 Å². The predicted molar refractivity (Wildman–Crippen MR) is 95.4 cm³/mol. The van der Waals surface area contributed by atoms with Gasteiger partial charge < -0.3 is 10.1 Å². The van der Waals surface area contributed by atoms with Crippen molar-refractivity contribution in [2.24, 2.45) is 0 Å². The van der Waals surface area contributed by atoms with Crippen molar-refractivity contribution in [1.29, 1.82) is 0 Å². The molecule has 23 heavy (non-hydrogen) atoms. The second-order valence-corrected chi connectivity index (χ2v) is 7.39.